The van der Waals surface area contributed by atoms with E-state index < -0.39 is 23.9 Å². The van der Waals surface area contributed by atoms with Crippen LogP contribution in [0, 0.1) is 0 Å². The van der Waals surface area contributed by atoms with E-state index in [-0.39, 0.29) is 44.5 Å². The van der Waals surface area contributed by atoms with Crippen LogP contribution in [-0.2, 0) is 6.61 Å². The number of halogens is 2. The standard InChI is InChI=1S/C26H19F2N3O6S/c1-34-13-4-6-14(7-5-13)36-12-15-8-9-19(37-15)25(33)31-21-20-16(18-3-2-10-35-18)11-17(23(27)28)30-26(20)38-22(21)24(29)32/h2-11,23H,12H2,1H3,(H2,29,32)(H,31,33). The van der Waals surface area contributed by atoms with Gasteiger partial charge in [-0.25, -0.2) is 13.8 Å². The molecule has 0 saturated heterocycles. The fraction of sp³-hybridized carbons (Fsp3) is 0.115. The van der Waals surface area contributed by atoms with Crippen LogP contribution in [0.2, 0.25) is 0 Å². The van der Waals surface area contributed by atoms with Gasteiger partial charge in [-0.3, -0.25) is 9.59 Å². The molecule has 0 aliphatic rings. The minimum absolute atomic E-state index is 0.0228. The number of alkyl halides is 2. The number of benzene rings is 1. The predicted octanol–water partition coefficient (Wildman–Crippen LogP) is 6.03. The number of pyridine rings is 1. The lowest BCUT2D eigenvalue weighted by atomic mass is 10.1. The Morgan fingerprint density at radius 3 is 2.55 bits per heavy atom. The van der Waals surface area contributed by atoms with Crippen molar-refractivity contribution >= 4 is 39.1 Å². The molecule has 9 nitrogen and oxygen atoms in total. The number of carbonyl (C=O) groups is 2. The molecule has 12 heteroatoms. The number of rotatable bonds is 9. The average molecular weight is 540 g/mol. The SMILES string of the molecule is COc1ccc(OCc2ccc(C(=O)Nc3c(C(N)=O)sc4nc(C(F)F)cc(-c5ccco5)c34)o2)cc1. The van der Waals surface area contributed by atoms with Crippen molar-refractivity contribution in [2.75, 3.05) is 12.4 Å². The van der Waals surface area contributed by atoms with Crippen LogP contribution < -0.4 is 20.5 Å². The number of furan rings is 2. The lowest BCUT2D eigenvalue weighted by Crippen LogP contribution is -2.16. The van der Waals surface area contributed by atoms with Crippen LogP contribution >= 0.6 is 11.3 Å². The minimum Gasteiger partial charge on any atom is -0.497 e. The Bertz CT molecular complexity index is 1610. The molecule has 0 aliphatic carbocycles. The molecule has 0 radical (unpaired) electrons. The first-order chi connectivity index (χ1) is 18.3. The first-order valence-electron chi connectivity index (χ1n) is 11.1. The van der Waals surface area contributed by atoms with Crippen molar-refractivity contribution in [3.8, 4) is 22.8 Å². The Kier molecular flexibility index (Phi) is 6.79. The molecule has 4 aromatic heterocycles. The summed E-state index contributed by atoms with van der Waals surface area (Å²) in [5.74, 6) is 0.262. The molecular weight excluding hydrogens is 520 g/mol. The molecule has 5 rings (SSSR count). The van der Waals surface area contributed by atoms with E-state index in [0.717, 1.165) is 17.4 Å². The van der Waals surface area contributed by atoms with Gasteiger partial charge in [0, 0.05) is 10.9 Å². The van der Waals surface area contributed by atoms with E-state index in [9.17, 15) is 18.4 Å². The van der Waals surface area contributed by atoms with Gasteiger partial charge < -0.3 is 29.4 Å². The van der Waals surface area contributed by atoms with Crippen LogP contribution in [0.15, 0.2) is 69.7 Å². The van der Waals surface area contributed by atoms with Crippen LogP contribution in [-0.4, -0.2) is 23.9 Å². The van der Waals surface area contributed by atoms with Crippen LogP contribution in [0.3, 0.4) is 0 Å². The number of amides is 2. The summed E-state index contributed by atoms with van der Waals surface area (Å²) in [4.78, 5) is 29.3. The highest BCUT2D eigenvalue weighted by Crippen LogP contribution is 2.42. The van der Waals surface area contributed by atoms with Crippen molar-refractivity contribution in [3.63, 3.8) is 0 Å². The Morgan fingerprint density at radius 2 is 1.89 bits per heavy atom. The maximum absolute atomic E-state index is 13.5. The monoisotopic (exact) mass is 539 g/mol. The van der Waals surface area contributed by atoms with Crippen molar-refractivity contribution in [2.45, 2.75) is 13.0 Å². The molecule has 4 heterocycles. The maximum Gasteiger partial charge on any atom is 0.291 e. The van der Waals surface area contributed by atoms with Crippen molar-refractivity contribution in [1.82, 2.24) is 4.98 Å². The van der Waals surface area contributed by atoms with Gasteiger partial charge in [-0.2, -0.15) is 0 Å². The van der Waals surface area contributed by atoms with E-state index in [1.807, 2.05) is 0 Å². The van der Waals surface area contributed by atoms with Gasteiger partial charge in [0.25, 0.3) is 18.2 Å². The fourth-order valence-corrected chi connectivity index (χ4v) is 4.74. The number of aromatic nitrogens is 1. The number of carbonyl (C=O) groups excluding carboxylic acids is 2. The first kappa shape index (κ1) is 25.0. The van der Waals surface area contributed by atoms with Crippen molar-refractivity contribution < 1.29 is 36.7 Å². The quantitative estimate of drug-likeness (QED) is 0.234. The molecule has 194 valence electrons. The average Bonchev–Trinajstić information content (AvgIpc) is 3.68. The summed E-state index contributed by atoms with van der Waals surface area (Å²) in [6.45, 7) is 0.0521. The summed E-state index contributed by atoms with van der Waals surface area (Å²) in [6, 6.07) is 14.3. The number of primary amides is 1. The lowest BCUT2D eigenvalue weighted by Gasteiger charge is -2.09. The Labute approximate surface area is 217 Å². The van der Waals surface area contributed by atoms with Gasteiger partial charge in [0.2, 0.25) is 0 Å². The first-order valence-corrected chi connectivity index (χ1v) is 11.9. The topological polar surface area (TPSA) is 130 Å². The zero-order valence-corrected chi connectivity index (χ0v) is 20.5. The summed E-state index contributed by atoms with van der Waals surface area (Å²) in [5, 5.41) is 2.88. The molecule has 0 fully saturated rings. The molecule has 0 spiro atoms. The van der Waals surface area contributed by atoms with E-state index in [2.05, 4.69) is 10.3 Å². The van der Waals surface area contributed by atoms with E-state index in [1.165, 1.54) is 12.3 Å². The number of nitrogens with one attached hydrogen (secondary N) is 1. The predicted molar refractivity (Wildman–Crippen MR) is 135 cm³/mol. The Balaban J connectivity index is 1.44. The van der Waals surface area contributed by atoms with Crippen LogP contribution in [0.25, 0.3) is 21.5 Å². The van der Waals surface area contributed by atoms with Gasteiger partial charge >= 0.3 is 0 Å². The maximum atomic E-state index is 13.5. The van der Waals surface area contributed by atoms with Crippen LogP contribution in [0.5, 0.6) is 11.5 Å². The number of hydrogen-bond acceptors (Lipinski definition) is 8. The largest absolute Gasteiger partial charge is 0.497 e. The zero-order chi connectivity index (χ0) is 26.8. The molecule has 0 atom stereocenters. The minimum atomic E-state index is -2.87. The number of nitrogens with zero attached hydrogens (tertiary/aromatic N) is 1. The number of fused-ring (bicyclic) bond motifs is 1. The second-order valence-electron chi connectivity index (χ2n) is 7.91. The highest BCUT2D eigenvalue weighted by atomic mass is 32.1. The number of methoxy groups -OCH3 is 1. The molecule has 5 aromatic rings. The summed E-state index contributed by atoms with van der Waals surface area (Å²) in [7, 11) is 1.56. The number of anilines is 1. The van der Waals surface area contributed by atoms with E-state index >= 15 is 0 Å². The molecule has 3 N–H and O–H groups in total. The van der Waals surface area contributed by atoms with E-state index in [1.54, 1.807) is 49.6 Å². The van der Waals surface area contributed by atoms with Gasteiger partial charge in [-0.05, 0) is 54.6 Å². The van der Waals surface area contributed by atoms with E-state index in [0.29, 0.717) is 17.3 Å². The number of ether oxygens (including phenoxy) is 2. The molecule has 0 saturated carbocycles. The molecule has 1 aromatic carbocycles. The fourth-order valence-electron chi connectivity index (χ4n) is 3.73. The van der Waals surface area contributed by atoms with Crippen molar-refractivity contribution in [1.29, 1.82) is 0 Å². The third kappa shape index (κ3) is 4.93. The molecule has 38 heavy (non-hydrogen) atoms. The highest BCUT2D eigenvalue weighted by molar-refractivity contribution is 7.21. The summed E-state index contributed by atoms with van der Waals surface area (Å²) in [5.41, 5.74) is 5.29. The highest BCUT2D eigenvalue weighted by Gasteiger charge is 2.26. The zero-order valence-electron chi connectivity index (χ0n) is 19.7. The summed E-state index contributed by atoms with van der Waals surface area (Å²) >= 11 is 0.791. The van der Waals surface area contributed by atoms with Crippen molar-refractivity contribution in [2.24, 2.45) is 5.73 Å². The van der Waals surface area contributed by atoms with Gasteiger partial charge in [0.1, 0.15) is 45.0 Å². The van der Waals surface area contributed by atoms with Gasteiger partial charge in [-0.15, -0.1) is 11.3 Å². The normalized spacial score (nSPS) is 11.2. The third-order valence-electron chi connectivity index (χ3n) is 5.48. The molecule has 0 aliphatic heterocycles. The smallest absolute Gasteiger partial charge is 0.291 e. The Morgan fingerprint density at radius 1 is 1.13 bits per heavy atom. The molecular formula is C26H19F2N3O6S. The van der Waals surface area contributed by atoms with E-state index in [4.69, 9.17) is 24.0 Å². The Hall–Kier alpha value is -4.71. The summed E-state index contributed by atoms with van der Waals surface area (Å²) < 4.78 is 48.9. The van der Waals surface area contributed by atoms with Gasteiger partial charge in [-0.1, -0.05) is 0 Å². The van der Waals surface area contributed by atoms with Crippen LogP contribution in [0.4, 0.5) is 14.5 Å². The van der Waals surface area contributed by atoms with Crippen LogP contribution in [0.1, 0.15) is 38.1 Å². The third-order valence-corrected chi connectivity index (χ3v) is 6.58. The second-order valence-corrected chi connectivity index (χ2v) is 8.91. The number of thiophene rings is 1. The van der Waals surface area contributed by atoms with Crippen molar-refractivity contribution in [3.05, 3.63) is 83.0 Å². The molecule has 0 bridgehead atoms. The van der Waals surface area contributed by atoms with Gasteiger partial charge in [0.15, 0.2) is 5.76 Å². The van der Waals surface area contributed by atoms with Gasteiger partial charge in [0.05, 0.1) is 19.1 Å². The number of hydrogen-bond donors (Lipinski definition) is 2. The number of nitrogens with two attached hydrogens (primary N) is 1. The second kappa shape index (κ2) is 10.3. The summed E-state index contributed by atoms with van der Waals surface area (Å²) in [6.07, 6.45) is -1.49. The lowest BCUT2D eigenvalue weighted by molar-refractivity contribution is 0.0992. The molecule has 2 amide bonds. The molecule has 0 unspecified atom stereocenters.